The quantitative estimate of drug-likeness (QED) is 0.251. The van der Waals surface area contributed by atoms with Gasteiger partial charge >= 0.3 is 0 Å². The molecule has 0 radical (unpaired) electrons. The van der Waals surface area contributed by atoms with Gasteiger partial charge in [0.1, 0.15) is 12.2 Å². The summed E-state index contributed by atoms with van der Waals surface area (Å²) >= 11 is 0. The van der Waals surface area contributed by atoms with Crippen LogP contribution in [0.4, 0.5) is 5.69 Å². The van der Waals surface area contributed by atoms with Crippen LogP contribution in [0.3, 0.4) is 0 Å². The lowest BCUT2D eigenvalue weighted by atomic mass is 9.87. The third-order valence-electron chi connectivity index (χ3n) is 5.67. The van der Waals surface area contributed by atoms with Crippen molar-refractivity contribution in [3.8, 4) is 0 Å². The van der Waals surface area contributed by atoms with Gasteiger partial charge in [-0.15, -0.1) is 0 Å². The zero-order valence-corrected chi connectivity index (χ0v) is 20.0. The molecule has 0 unspecified atom stereocenters. The van der Waals surface area contributed by atoms with Gasteiger partial charge in [0.25, 0.3) is 5.69 Å². The van der Waals surface area contributed by atoms with E-state index in [1.165, 1.54) is 6.07 Å². The highest BCUT2D eigenvalue weighted by molar-refractivity contribution is 6.79. The van der Waals surface area contributed by atoms with Crippen molar-refractivity contribution in [1.82, 2.24) is 4.57 Å². The minimum absolute atomic E-state index is 0.103. The molecule has 0 aliphatic heterocycles. The van der Waals surface area contributed by atoms with Crippen molar-refractivity contribution in [3.63, 3.8) is 0 Å². The second kappa shape index (κ2) is 9.13. The number of aromatic nitrogens is 1. The van der Waals surface area contributed by atoms with E-state index in [4.69, 9.17) is 4.43 Å². The van der Waals surface area contributed by atoms with Crippen molar-refractivity contribution in [2.24, 2.45) is 0 Å². The number of hydrogen-bond acceptors (Lipinski definition) is 4. The standard InChI is InChI=1S/C26H26N2O4Si/c1-26(2,3)22-17-27(24-21(25(22)29)15-10-16-23(24)28(30)31)18-32-33(19-11-6-4-7-12-19)20-13-8-5-9-14-20/h4-17,33H,18H2,1-3H3. The number of rotatable bonds is 6. The molecular weight excluding hydrogens is 432 g/mol. The number of nitro benzene ring substituents is 1. The predicted octanol–water partition coefficient (Wildman–Crippen LogP) is 3.72. The van der Waals surface area contributed by atoms with Crippen LogP contribution in [-0.2, 0) is 16.6 Å². The average molecular weight is 459 g/mol. The van der Waals surface area contributed by atoms with Crippen LogP contribution >= 0.6 is 0 Å². The summed E-state index contributed by atoms with van der Waals surface area (Å²) < 4.78 is 8.25. The van der Waals surface area contributed by atoms with Crippen LogP contribution in [0.25, 0.3) is 10.9 Å². The van der Waals surface area contributed by atoms with Gasteiger partial charge in [-0.3, -0.25) is 14.9 Å². The van der Waals surface area contributed by atoms with E-state index in [1.807, 2.05) is 57.2 Å². The summed E-state index contributed by atoms with van der Waals surface area (Å²) in [6.07, 6.45) is 1.72. The molecule has 0 atom stereocenters. The number of benzene rings is 3. The number of fused-ring (bicyclic) bond motifs is 1. The fraction of sp³-hybridized carbons (Fsp3) is 0.192. The molecule has 0 amide bonds. The van der Waals surface area contributed by atoms with Gasteiger partial charge in [0.05, 0.1) is 10.3 Å². The number of para-hydroxylation sites is 1. The Bertz CT molecular complexity index is 1310. The predicted molar refractivity (Wildman–Crippen MR) is 134 cm³/mol. The zero-order valence-electron chi connectivity index (χ0n) is 18.9. The van der Waals surface area contributed by atoms with Gasteiger partial charge in [0.2, 0.25) is 9.04 Å². The summed E-state index contributed by atoms with van der Waals surface area (Å²) in [5.41, 5.74) is 0.169. The number of pyridine rings is 1. The fourth-order valence-electron chi connectivity index (χ4n) is 4.02. The van der Waals surface area contributed by atoms with Crippen LogP contribution in [-0.4, -0.2) is 18.5 Å². The van der Waals surface area contributed by atoms with E-state index in [0.29, 0.717) is 10.9 Å². The van der Waals surface area contributed by atoms with E-state index in [9.17, 15) is 14.9 Å². The minimum atomic E-state index is -2.08. The number of non-ortho nitro benzene ring substituents is 1. The van der Waals surface area contributed by atoms with E-state index < -0.39 is 19.4 Å². The second-order valence-electron chi connectivity index (χ2n) is 9.02. The Hall–Kier alpha value is -3.55. The first-order valence-electron chi connectivity index (χ1n) is 10.8. The SMILES string of the molecule is CC(C)(C)c1cn(CO[SiH](c2ccccc2)c2ccccc2)c2c([N+](=O)[O-])cccc2c1=O. The second-order valence-corrected chi connectivity index (χ2v) is 11.4. The average Bonchev–Trinajstić information content (AvgIpc) is 2.80. The summed E-state index contributed by atoms with van der Waals surface area (Å²) in [5.74, 6) is 0. The third-order valence-corrected chi connectivity index (χ3v) is 8.13. The minimum Gasteiger partial charge on any atom is -0.393 e. The van der Waals surface area contributed by atoms with Gasteiger partial charge in [-0.25, -0.2) is 0 Å². The number of hydrogen-bond donors (Lipinski definition) is 0. The molecule has 0 saturated heterocycles. The van der Waals surface area contributed by atoms with Gasteiger partial charge in [0, 0.05) is 17.8 Å². The molecule has 168 valence electrons. The third kappa shape index (κ3) is 4.65. The normalized spacial score (nSPS) is 11.8. The Labute approximate surface area is 194 Å². The maximum atomic E-state index is 13.2. The fourth-order valence-corrected chi connectivity index (χ4v) is 6.24. The van der Waals surface area contributed by atoms with E-state index >= 15 is 0 Å². The number of nitro groups is 1. The van der Waals surface area contributed by atoms with Crippen LogP contribution < -0.4 is 15.8 Å². The molecule has 0 aliphatic rings. The van der Waals surface area contributed by atoms with Crippen LogP contribution in [0.2, 0.25) is 0 Å². The summed E-state index contributed by atoms with van der Waals surface area (Å²) in [4.78, 5) is 24.6. The lowest BCUT2D eigenvalue weighted by Crippen LogP contribution is -2.45. The van der Waals surface area contributed by atoms with Crippen molar-refractivity contribution in [1.29, 1.82) is 0 Å². The van der Waals surface area contributed by atoms with Crippen LogP contribution in [0.1, 0.15) is 26.3 Å². The van der Waals surface area contributed by atoms with E-state index in [2.05, 4.69) is 24.3 Å². The smallest absolute Gasteiger partial charge is 0.293 e. The van der Waals surface area contributed by atoms with Gasteiger partial charge < -0.3 is 8.99 Å². The van der Waals surface area contributed by atoms with Crippen LogP contribution in [0.5, 0.6) is 0 Å². The molecule has 4 aromatic rings. The molecule has 0 spiro atoms. The van der Waals surface area contributed by atoms with Gasteiger partial charge in [-0.05, 0) is 21.9 Å². The maximum absolute atomic E-state index is 13.2. The molecule has 6 nitrogen and oxygen atoms in total. The van der Waals surface area contributed by atoms with E-state index in [1.54, 1.807) is 22.9 Å². The molecule has 33 heavy (non-hydrogen) atoms. The molecular formula is C26H26N2O4Si. The first-order chi connectivity index (χ1) is 15.8. The summed E-state index contributed by atoms with van der Waals surface area (Å²) in [7, 11) is -2.08. The highest BCUT2D eigenvalue weighted by Crippen LogP contribution is 2.27. The molecule has 4 rings (SSSR count). The van der Waals surface area contributed by atoms with Crippen molar-refractivity contribution in [2.45, 2.75) is 32.9 Å². The Morgan fingerprint density at radius 1 is 0.909 bits per heavy atom. The zero-order chi connectivity index (χ0) is 23.6. The van der Waals surface area contributed by atoms with Crippen molar-refractivity contribution < 1.29 is 9.35 Å². The monoisotopic (exact) mass is 458 g/mol. The lowest BCUT2D eigenvalue weighted by molar-refractivity contribution is -0.383. The molecule has 0 bridgehead atoms. The first kappa shape index (κ1) is 22.6. The summed E-state index contributed by atoms with van der Waals surface area (Å²) in [6, 6.07) is 24.7. The highest BCUT2D eigenvalue weighted by Gasteiger charge is 2.25. The molecule has 0 N–H and O–H groups in total. The number of nitrogens with zero attached hydrogens (tertiary/aromatic N) is 2. The van der Waals surface area contributed by atoms with Gasteiger partial charge in [0.15, 0.2) is 5.43 Å². The van der Waals surface area contributed by atoms with Crippen LogP contribution in [0, 0.1) is 10.1 Å². The highest BCUT2D eigenvalue weighted by atomic mass is 28.3. The van der Waals surface area contributed by atoms with Crippen molar-refractivity contribution in [3.05, 3.63) is 111 Å². The topological polar surface area (TPSA) is 74.4 Å². The molecule has 1 heterocycles. The summed E-state index contributed by atoms with van der Waals surface area (Å²) in [5, 5.41) is 14.4. The molecule has 0 saturated carbocycles. The van der Waals surface area contributed by atoms with E-state index in [0.717, 1.165) is 10.4 Å². The Morgan fingerprint density at radius 3 is 2.00 bits per heavy atom. The Kier molecular flexibility index (Phi) is 6.26. The first-order valence-corrected chi connectivity index (χ1v) is 12.4. The van der Waals surface area contributed by atoms with E-state index in [-0.39, 0.29) is 23.4 Å². The maximum Gasteiger partial charge on any atom is 0.293 e. The lowest BCUT2D eigenvalue weighted by Gasteiger charge is -2.23. The van der Waals surface area contributed by atoms with Crippen LogP contribution in [0.15, 0.2) is 89.9 Å². The Balaban J connectivity index is 1.85. The van der Waals surface area contributed by atoms with Gasteiger partial charge in [-0.2, -0.15) is 0 Å². The molecule has 1 aromatic heterocycles. The Morgan fingerprint density at radius 2 is 1.48 bits per heavy atom. The van der Waals surface area contributed by atoms with Crippen molar-refractivity contribution in [2.75, 3.05) is 0 Å². The summed E-state index contributed by atoms with van der Waals surface area (Å²) in [6.45, 7) is 5.99. The largest absolute Gasteiger partial charge is 0.393 e. The molecule has 7 heteroatoms. The van der Waals surface area contributed by atoms with Crippen molar-refractivity contribution >= 4 is 36.0 Å². The van der Waals surface area contributed by atoms with Gasteiger partial charge in [-0.1, -0.05) is 87.5 Å². The molecule has 3 aromatic carbocycles. The molecule has 0 fully saturated rings. The molecule has 0 aliphatic carbocycles.